The minimum absolute atomic E-state index is 0.130. The number of urea groups is 1. The van der Waals surface area contributed by atoms with Crippen molar-refractivity contribution in [2.75, 3.05) is 28.7 Å². The van der Waals surface area contributed by atoms with Crippen LogP contribution >= 0.6 is 11.3 Å². The maximum atomic E-state index is 13.1. The SMILES string of the molecule is CCCCOc1cccc(-n2nc(C(C)(C)C)cc2NC(=O)Nc2cnc(Oc3ccc(-c4cnc(N5CCCCC5=O)s4)cc3)nc2)c1. The molecule has 0 unspecified atom stereocenters. The average molecular weight is 681 g/mol. The Labute approximate surface area is 289 Å². The number of carbonyl (C=O) groups is 2. The average Bonchev–Trinajstić information content (AvgIpc) is 3.75. The molecule has 1 aliphatic heterocycles. The summed E-state index contributed by atoms with van der Waals surface area (Å²) in [5.74, 6) is 1.93. The first-order valence-corrected chi connectivity index (χ1v) is 17.3. The number of aromatic nitrogens is 5. The number of thiazole rings is 1. The Morgan fingerprint density at radius 3 is 2.49 bits per heavy atom. The zero-order chi connectivity index (χ0) is 34.4. The third-order valence-corrected chi connectivity index (χ3v) is 8.90. The number of nitrogens with one attached hydrogen (secondary N) is 2. The molecule has 5 aromatic rings. The molecule has 3 amide bonds. The van der Waals surface area contributed by atoms with E-state index >= 15 is 0 Å². The topological polar surface area (TPSA) is 136 Å². The predicted octanol–water partition coefficient (Wildman–Crippen LogP) is 8.22. The van der Waals surface area contributed by atoms with Gasteiger partial charge in [0, 0.05) is 36.7 Å². The number of hydrogen-bond donors (Lipinski definition) is 2. The lowest BCUT2D eigenvalue weighted by Crippen LogP contribution is -2.34. The number of hydrogen-bond acceptors (Lipinski definition) is 9. The van der Waals surface area contributed by atoms with Gasteiger partial charge < -0.3 is 14.8 Å². The van der Waals surface area contributed by atoms with Crippen LogP contribution in [0.25, 0.3) is 16.1 Å². The normalized spacial score (nSPS) is 13.3. The molecule has 2 aromatic carbocycles. The van der Waals surface area contributed by atoms with Crippen LogP contribution in [-0.4, -0.2) is 49.8 Å². The second-order valence-corrected chi connectivity index (χ2v) is 13.8. The third-order valence-electron chi connectivity index (χ3n) is 7.83. The lowest BCUT2D eigenvalue weighted by Gasteiger charge is -2.23. The molecule has 3 aromatic heterocycles. The fourth-order valence-electron chi connectivity index (χ4n) is 5.11. The van der Waals surface area contributed by atoms with Crippen LogP contribution in [0.5, 0.6) is 17.5 Å². The fraction of sp³-hybridized carbons (Fsp3) is 0.333. The molecule has 1 aliphatic rings. The summed E-state index contributed by atoms with van der Waals surface area (Å²) in [4.78, 5) is 41.1. The number of rotatable bonds is 11. The highest BCUT2D eigenvalue weighted by atomic mass is 32.1. The second kappa shape index (κ2) is 14.9. The minimum atomic E-state index is -0.472. The molecule has 4 heterocycles. The van der Waals surface area contributed by atoms with E-state index in [9.17, 15) is 9.59 Å². The molecule has 1 saturated heterocycles. The molecule has 49 heavy (non-hydrogen) atoms. The van der Waals surface area contributed by atoms with Crippen molar-refractivity contribution in [3.63, 3.8) is 0 Å². The van der Waals surface area contributed by atoms with Crippen molar-refractivity contribution in [3.05, 3.63) is 78.9 Å². The van der Waals surface area contributed by atoms with Crippen molar-refractivity contribution >= 4 is 39.9 Å². The first-order valence-electron chi connectivity index (χ1n) is 16.4. The van der Waals surface area contributed by atoms with Gasteiger partial charge in [-0.15, -0.1) is 0 Å². The zero-order valence-corrected chi connectivity index (χ0v) is 28.9. The van der Waals surface area contributed by atoms with E-state index in [1.165, 1.54) is 23.7 Å². The van der Waals surface area contributed by atoms with E-state index in [4.69, 9.17) is 14.6 Å². The van der Waals surface area contributed by atoms with Gasteiger partial charge in [0.05, 0.1) is 40.9 Å². The standard InChI is InChI=1S/C36H40N8O4S/c1-5-6-18-47-28-11-9-10-26(19-28)44-31(20-30(42-44)36(2,3)4)41-33(46)40-25-21-37-34(38-22-25)48-27-15-13-24(14-16-27)29-23-39-35(49-29)43-17-8-7-12-32(43)45/h9-11,13-16,19-23H,5-8,12,17-18H2,1-4H3,(H2,40,41,46). The molecule has 6 rings (SSSR count). The molecule has 1 fully saturated rings. The number of anilines is 3. The highest BCUT2D eigenvalue weighted by Gasteiger charge is 2.23. The summed E-state index contributed by atoms with van der Waals surface area (Å²) >= 11 is 1.50. The molecule has 13 heteroatoms. The van der Waals surface area contributed by atoms with Gasteiger partial charge in [0.2, 0.25) is 5.91 Å². The number of unbranched alkanes of at least 4 members (excludes halogenated alkanes) is 1. The third kappa shape index (κ3) is 8.41. The first-order chi connectivity index (χ1) is 23.7. The van der Waals surface area contributed by atoms with Gasteiger partial charge in [-0.05, 0) is 61.2 Å². The van der Waals surface area contributed by atoms with Crippen LogP contribution in [-0.2, 0) is 10.2 Å². The zero-order valence-electron chi connectivity index (χ0n) is 28.1. The van der Waals surface area contributed by atoms with Gasteiger partial charge >= 0.3 is 12.0 Å². The molecule has 0 spiro atoms. The largest absolute Gasteiger partial charge is 0.494 e. The summed E-state index contributed by atoms with van der Waals surface area (Å²) in [7, 11) is 0. The van der Waals surface area contributed by atoms with E-state index in [0.29, 0.717) is 36.8 Å². The maximum absolute atomic E-state index is 13.1. The summed E-state index contributed by atoms with van der Waals surface area (Å²) in [6.45, 7) is 9.68. The van der Waals surface area contributed by atoms with Crippen LogP contribution in [0.4, 0.5) is 21.4 Å². The minimum Gasteiger partial charge on any atom is -0.494 e. The Morgan fingerprint density at radius 1 is 0.959 bits per heavy atom. The van der Waals surface area contributed by atoms with Crippen LogP contribution in [0.3, 0.4) is 0 Å². The van der Waals surface area contributed by atoms with Crippen molar-refractivity contribution in [2.24, 2.45) is 0 Å². The predicted molar refractivity (Wildman–Crippen MR) is 191 cm³/mol. The van der Waals surface area contributed by atoms with E-state index in [0.717, 1.165) is 58.4 Å². The molecular formula is C36H40N8O4S. The van der Waals surface area contributed by atoms with Crippen LogP contribution in [0.2, 0.25) is 0 Å². The van der Waals surface area contributed by atoms with Crippen molar-refractivity contribution in [2.45, 2.75) is 65.2 Å². The number of ether oxygens (including phenoxy) is 2. The number of amides is 3. The lowest BCUT2D eigenvalue weighted by molar-refractivity contribution is -0.119. The smallest absolute Gasteiger partial charge is 0.324 e. The molecule has 0 bridgehead atoms. The summed E-state index contributed by atoms with van der Waals surface area (Å²) in [6, 6.07) is 16.7. The Hall–Kier alpha value is -5.30. The van der Waals surface area contributed by atoms with Gasteiger partial charge in [-0.3, -0.25) is 15.0 Å². The Bertz CT molecular complexity index is 1900. The molecule has 0 saturated carbocycles. The van der Waals surface area contributed by atoms with Gasteiger partial charge in [-0.25, -0.2) is 24.4 Å². The highest BCUT2D eigenvalue weighted by molar-refractivity contribution is 7.19. The van der Waals surface area contributed by atoms with Crippen LogP contribution in [0, 0.1) is 0 Å². The van der Waals surface area contributed by atoms with Crippen molar-refractivity contribution in [1.29, 1.82) is 0 Å². The summed E-state index contributed by atoms with van der Waals surface area (Å²) in [6.07, 6.45) is 9.27. The van der Waals surface area contributed by atoms with Gasteiger partial charge in [0.15, 0.2) is 5.13 Å². The molecule has 0 radical (unpaired) electrons. The van der Waals surface area contributed by atoms with Gasteiger partial charge in [0.25, 0.3) is 0 Å². The van der Waals surface area contributed by atoms with Crippen molar-refractivity contribution in [3.8, 4) is 33.6 Å². The molecular weight excluding hydrogens is 641 g/mol. The number of nitrogens with zero attached hydrogens (tertiary/aromatic N) is 6. The lowest BCUT2D eigenvalue weighted by atomic mass is 9.92. The van der Waals surface area contributed by atoms with E-state index in [1.54, 1.807) is 15.8 Å². The molecule has 0 atom stereocenters. The summed E-state index contributed by atoms with van der Waals surface area (Å²) < 4.78 is 13.4. The van der Waals surface area contributed by atoms with Crippen molar-refractivity contribution in [1.82, 2.24) is 24.7 Å². The molecule has 2 N–H and O–H groups in total. The van der Waals surface area contributed by atoms with Crippen LogP contribution < -0.4 is 25.0 Å². The quantitative estimate of drug-likeness (QED) is 0.133. The fourth-order valence-corrected chi connectivity index (χ4v) is 6.07. The highest BCUT2D eigenvalue weighted by Crippen LogP contribution is 2.34. The van der Waals surface area contributed by atoms with E-state index in [2.05, 4.69) is 53.3 Å². The van der Waals surface area contributed by atoms with Gasteiger partial charge in [-0.2, -0.15) is 5.10 Å². The van der Waals surface area contributed by atoms with E-state index < -0.39 is 6.03 Å². The summed E-state index contributed by atoms with van der Waals surface area (Å²) in [5.41, 5.74) is 2.71. The van der Waals surface area contributed by atoms with Crippen LogP contribution in [0.15, 0.2) is 73.2 Å². The summed E-state index contributed by atoms with van der Waals surface area (Å²) in [5, 5.41) is 11.2. The molecule has 0 aliphatic carbocycles. The Kier molecular flexibility index (Phi) is 10.2. The maximum Gasteiger partial charge on any atom is 0.324 e. The van der Waals surface area contributed by atoms with E-state index in [1.807, 2.05) is 54.6 Å². The molecule has 12 nitrogen and oxygen atoms in total. The number of piperidine rings is 1. The van der Waals surface area contributed by atoms with Gasteiger partial charge in [-0.1, -0.05) is 51.5 Å². The van der Waals surface area contributed by atoms with Crippen LogP contribution in [0.1, 0.15) is 65.5 Å². The second-order valence-electron chi connectivity index (χ2n) is 12.7. The monoisotopic (exact) mass is 680 g/mol. The number of benzene rings is 2. The number of carbonyl (C=O) groups excluding carboxylic acids is 2. The Morgan fingerprint density at radius 2 is 1.76 bits per heavy atom. The van der Waals surface area contributed by atoms with Crippen molar-refractivity contribution < 1.29 is 19.1 Å². The van der Waals surface area contributed by atoms with Gasteiger partial charge in [0.1, 0.15) is 17.3 Å². The Balaban J connectivity index is 1.08. The van der Waals surface area contributed by atoms with E-state index in [-0.39, 0.29) is 17.3 Å². The first kappa shape index (κ1) is 33.6. The molecule has 254 valence electrons.